The second kappa shape index (κ2) is 6.18. The molecule has 0 atom stereocenters. The molecule has 0 saturated heterocycles. The lowest BCUT2D eigenvalue weighted by Gasteiger charge is -2.09. The van der Waals surface area contributed by atoms with Gasteiger partial charge in [-0.15, -0.1) is 6.58 Å². The number of benzene rings is 1. The maximum Gasteiger partial charge on any atom is 0.336 e. The van der Waals surface area contributed by atoms with Gasteiger partial charge in [-0.3, -0.25) is 0 Å². The third-order valence-electron chi connectivity index (χ3n) is 1.95. The number of carboxylic acids is 1. The number of carbonyl (C=O) groups is 1. The predicted octanol–water partition coefficient (Wildman–Crippen LogP) is 3.19. The highest BCUT2D eigenvalue weighted by molar-refractivity contribution is 9.11. The van der Waals surface area contributed by atoms with Gasteiger partial charge in [0.1, 0.15) is 0 Å². The molecule has 0 spiro atoms. The van der Waals surface area contributed by atoms with Crippen LogP contribution in [0.1, 0.15) is 15.9 Å². The Hall–Kier alpha value is -0.650. The van der Waals surface area contributed by atoms with Crippen molar-refractivity contribution in [2.75, 3.05) is 6.54 Å². The fourth-order valence-corrected chi connectivity index (χ4v) is 2.28. The Bertz CT molecular complexity index is 419. The van der Waals surface area contributed by atoms with Crippen molar-refractivity contribution in [1.29, 1.82) is 0 Å². The van der Waals surface area contributed by atoms with Gasteiger partial charge in [-0.2, -0.15) is 0 Å². The molecule has 2 N–H and O–H groups in total. The summed E-state index contributed by atoms with van der Waals surface area (Å²) < 4.78 is 1.36. The topological polar surface area (TPSA) is 49.3 Å². The molecule has 0 unspecified atom stereocenters. The van der Waals surface area contributed by atoms with E-state index in [1.54, 1.807) is 12.1 Å². The van der Waals surface area contributed by atoms with Gasteiger partial charge in [-0.25, -0.2) is 4.79 Å². The van der Waals surface area contributed by atoms with Gasteiger partial charge in [-0.1, -0.05) is 22.0 Å². The summed E-state index contributed by atoms with van der Waals surface area (Å²) in [5, 5.41) is 12.1. The Morgan fingerprint density at radius 1 is 1.50 bits per heavy atom. The van der Waals surface area contributed by atoms with Crippen molar-refractivity contribution >= 4 is 37.8 Å². The Morgan fingerprint density at radius 3 is 2.75 bits per heavy atom. The van der Waals surface area contributed by atoms with Gasteiger partial charge in [0.15, 0.2) is 0 Å². The number of hydrogen-bond donors (Lipinski definition) is 2. The molecule has 1 aromatic rings. The van der Waals surface area contributed by atoms with Crippen LogP contribution in [0.3, 0.4) is 0 Å². The van der Waals surface area contributed by atoms with Crippen molar-refractivity contribution in [3.63, 3.8) is 0 Å². The monoisotopic (exact) mass is 347 g/mol. The summed E-state index contributed by atoms with van der Waals surface area (Å²) in [6.45, 7) is 4.87. The molecule has 3 nitrogen and oxygen atoms in total. The van der Waals surface area contributed by atoms with Crippen LogP contribution in [0.4, 0.5) is 0 Å². The van der Waals surface area contributed by atoms with E-state index in [4.69, 9.17) is 5.11 Å². The summed E-state index contributed by atoms with van der Waals surface area (Å²) in [5.74, 6) is -0.946. The quantitative estimate of drug-likeness (QED) is 0.634. The van der Waals surface area contributed by atoms with Crippen molar-refractivity contribution < 1.29 is 9.90 Å². The van der Waals surface area contributed by atoms with Crippen LogP contribution in [-0.4, -0.2) is 17.6 Å². The van der Waals surface area contributed by atoms with Crippen LogP contribution in [0.2, 0.25) is 0 Å². The molecule has 0 amide bonds. The molecule has 1 rings (SSSR count). The zero-order valence-corrected chi connectivity index (χ0v) is 11.6. The van der Waals surface area contributed by atoms with Crippen LogP contribution in [0.15, 0.2) is 33.7 Å². The zero-order chi connectivity index (χ0) is 12.1. The van der Waals surface area contributed by atoms with E-state index < -0.39 is 5.97 Å². The van der Waals surface area contributed by atoms with E-state index in [-0.39, 0.29) is 5.56 Å². The van der Waals surface area contributed by atoms with E-state index in [9.17, 15) is 4.79 Å². The van der Waals surface area contributed by atoms with Crippen LogP contribution in [0.25, 0.3) is 0 Å². The van der Waals surface area contributed by atoms with Crippen LogP contribution in [-0.2, 0) is 6.54 Å². The normalized spacial score (nSPS) is 10.1. The lowest BCUT2D eigenvalue weighted by molar-refractivity contribution is 0.0695. The minimum atomic E-state index is -0.946. The van der Waals surface area contributed by atoms with Gasteiger partial charge in [0.25, 0.3) is 0 Å². The standard InChI is InChI=1S/C11H11Br2NO2/c1-2-3-14-6-7-4-8(12)5-9(10(7)13)11(15)16/h2,4-5,14H,1,3,6H2,(H,15,16). The average molecular weight is 349 g/mol. The summed E-state index contributed by atoms with van der Waals surface area (Å²) >= 11 is 6.59. The van der Waals surface area contributed by atoms with Crippen molar-refractivity contribution in [1.82, 2.24) is 5.32 Å². The Morgan fingerprint density at radius 2 is 2.19 bits per heavy atom. The maximum absolute atomic E-state index is 11.0. The lowest BCUT2D eigenvalue weighted by atomic mass is 10.1. The van der Waals surface area contributed by atoms with E-state index in [1.165, 1.54) is 0 Å². The van der Waals surface area contributed by atoms with E-state index in [2.05, 4.69) is 43.8 Å². The van der Waals surface area contributed by atoms with Gasteiger partial charge < -0.3 is 10.4 Å². The summed E-state index contributed by atoms with van der Waals surface area (Å²) in [4.78, 5) is 11.0. The zero-order valence-electron chi connectivity index (χ0n) is 8.46. The van der Waals surface area contributed by atoms with E-state index in [0.29, 0.717) is 17.6 Å². The van der Waals surface area contributed by atoms with Gasteiger partial charge in [0, 0.05) is 22.0 Å². The fraction of sp³-hybridized carbons (Fsp3) is 0.182. The third kappa shape index (κ3) is 3.43. The summed E-state index contributed by atoms with van der Waals surface area (Å²) in [6, 6.07) is 3.45. The van der Waals surface area contributed by atoms with Gasteiger partial charge in [0.2, 0.25) is 0 Å². The molecule has 86 valence electrons. The summed E-state index contributed by atoms with van der Waals surface area (Å²) in [7, 11) is 0. The molecule has 0 radical (unpaired) electrons. The number of rotatable bonds is 5. The largest absolute Gasteiger partial charge is 0.478 e. The first-order valence-corrected chi connectivity index (χ1v) is 6.17. The highest BCUT2D eigenvalue weighted by atomic mass is 79.9. The van der Waals surface area contributed by atoms with Crippen molar-refractivity contribution in [2.45, 2.75) is 6.54 Å². The molecule has 16 heavy (non-hydrogen) atoms. The first-order chi connectivity index (χ1) is 7.56. The summed E-state index contributed by atoms with van der Waals surface area (Å²) in [5.41, 5.74) is 1.15. The molecule has 0 heterocycles. The molecule has 5 heteroatoms. The predicted molar refractivity (Wildman–Crippen MR) is 70.7 cm³/mol. The molecule has 0 fully saturated rings. The first kappa shape index (κ1) is 13.4. The molecule has 0 aliphatic rings. The highest BCUT2D eigenvalue weighted by Gasteiger charge is 2.13. The van der Waals surface area contributed by atoms with Gasteiger partial charge >= 0.3 is 5.97 Å². The first-order valence-electron chi connectivity index (χ1n) is 4.59. The molecule has 0 aromatic heterocycles. The third-order valence-corrected chi connectivity index (χ3v) is 3.34. The molecule has 0 bridgehead atoms. The average Bonchev–Trinajstić information content (AvgIpc) is 2.22. The minimum absolute atomic E-state index is 0.254. The molecule has 0 aliphatic heterocycles. The van der Waals surface area contributed by atoms with Crippen LogP contribution in [0.5, 0.6) is 0 Å². The molecule has 0 saturated carbocycles. The second-order valence-electron chi connectivity index (χ2n) is 3.15. The Labute approximate surface area is 111 Å². The van der Waals surface area contributed by atoms with Gasteiger partial charge in [-0.05, 0) is 33.6 Å². The van der Waals surface area contributed by atoms with Crippen LogP contribution < -0.4 is 5.32 Å². The van der Waals surface area contributed by atoms with Crippen LogP contribution in [0, 0.1) is 0 Å². The SMILES string of the molecule is C=CCNCc1cc(Br)cc(C(=O)O)c1Br. The number of aromatic carboxylic acids is 1. The Balaban J connectivity index is 2.99. The fourth-order valence-electron chi connectivity index (χ4n) is 1.24. The van der Waals surface area contributed by atoms with Gasteiger partial charge in [0.05, 0.1) is 5.56 Å². The number of nitrogens with one attached hydrogen (secondary N) is 1. The van der Waals surface area contributed by atoms with E-state index in [1.807, 2.05) is 6.07 Å². The lowest BCUT2D eigenvalue weighted by Crippen LogP contribution is -2.14. The molecular formula is C11H11Br2NO2. The Kier molecular flexibility index (Phi) is 5.18. The maximum atomic E-state index is 11.0. The molecular weight excluding hydrogens is 338 g/mol. The molecule has 1 aromatic carbocycles. The van der Waals surface area contributed by atoms with Crippen molar-refractivity contribution in [3.05, 3.63) is 44.9 Å². The number of carboxylic acid groups (broad SMARTS) is 1. The summed E-state index contributed by atoms with van der Waals surface area (Å²) in [6.07, 6.45) is 1.75. The van der Waals surface area contributed by atoms with E-state index >= 15 is 0 Å². The van der Waals surface area contributed by atoms with E-state index in [0.717, 1.165) is 10.0 Å². The smallest absolute Gasteiger partial charge is 0.336 e. The second-order valence-corrected chi connectivity index (χ2v) is 4.86. The number of halogens is 2. The highest BCUT2D eigenvalue weighted by Crippen LogP contribution is 2.26. The number of hydrogen-bond acceptors (Lipinski definition) is 2. The molecule has 0 aliphatic carbocycles. The van der Waals surface area contributed by atoms with Crippen molar-refractivity contribution in [3.8, 4) is 0 Å². The minimum Gasteiger partial charge on any atom is -0.478 e. The van der Waals surface area contributed by atoms with Crippen LogP contribution >= 0.6 is 31.9 Å². The van der Waals surface area contributed by atoms with Crippen molar-refractivity contribution in [2.24, 2.45) is 0 Å².